The minimum absolute atomic E-state index is 0.0483. The highest BCUT2D eigenvalue weighted by atomic mass is 19.3. The van der Waals surface area contributed by atoms with Crippen molar-refractivity contribution < 1.29 is 42.1 Å². The summed E-state index contributed by atoms with van der Waals surface area (Å²) in [5, 5.41) is 2.59. The fraction of sp³-hybridized carbons (Fsp3) is 0.571. The Morgan fingerprint density at radius 3 is 2.22 bits per heavy atom. The molecule has 1 saturated heterocycles. The zero-order chi connectivity index (χ0) is 24.1. The molecule has 0 unspecified atom stereocenters. The van der Waals surface area contributed by atoms with Crippen LogP contribution in [0.3, 0.4) is 0 Å². The van der Waals surface area contributed by atoms with Crippen molar-refractivity contribution in [3.05, 3.63) is 17.7 Å². The van der Waals surface area contributed by atoms with Crippen LogP contribution in [0.4, 0.5) is 19.3 Å². The number of alkyl halides is 2. The van der Waals surface area contributed by atoms with Gasteiger partial charge in [0, 0.05) is 31.1 Å². The molecule has 1 fully saturated rings. The Labute approximate surface area is 184 Å². The van der Waals surface area contributed by atoms with Crippen molar-refractivity contribution in [1.29, 1.82) is 0 Å². The standard InChI is InChI=1S/C21H28F2N2O7/c1-21(2,3)32-20(28)25-8-6-12(7-9-25)17(26)24-14-11-16(31-19(22)23)15(29-4)10-13(14)18(27)30-5/h10-12,19H,6-9H2,1-5H3,(H,24,26). The SMILES string of the molecule is COC(=O)c1cc(OC)c(OC(F)F)cc1NC(=O)C1CCN(C(=O)OC(C)(C)C)CC1. The number of hydrogen-bond donors (Lipinski definition) is 1. The molecule has 0 aliphatic carbocycles. The number of carbonyl (C=O) groups is 3. The maximum absolute atomic E-state index is 12.8. The van der Waals surface area contributed by atoms with Crippen LogP contribution in [0.5, 0.6) is 11.5 Å². The zero-order valence-corrected chi connectivity index (χ0v) is 18.7. The Hall–Kier alpha value is -3.11. The van der Waals surface area contributed by atoms with Crippen LogP contribution in [0.1, 0.15) is 44.0 Å². The summed E-state index contributed by atoms with van der Waals surface area (Å²) in [4.78, 5) is 38.7. The number of carbonyl (C=O) groups excluding carboxylic acids is 3. The molecule has 9 nitrogen and oxygen atoms in total. The molecule has 32 heavy (non-hydrogen) atoms. The van der Waals surface area contributed by atoms with Gasteiger partial charge in [-0.25, -0.2) is 9.59 Å². The third kappa shape index (κ3) is 6.69. The number of nitrogens with one attached hydrogen (secondary N) is 1. The number of esters is 1. The predicted octanol–water partition coefficient (Wildman–Crippen LogP) is 3.67. The third-order valence-electron chi connectivity index (χ3n) is 4.70. The van der Waals surface area contributed by atoms with Crippen molar-refractivity contribution in [2.75, 3.05) is 32.6 Å². The van der Waals surface area contributed by atoms with Gasteiger partial charge in [-0.1, -0.05) is 0 Å². The van der Waals surface area contributed by atoms with E-state index in [-0.39, 0.29) is 22.7 Å². The second-order valence-corrected chi connectivity index (χ2v) is 8.15. The number of methoxy groups -OCH3 is 2. The lowest BCUT2D eigenvalue weighted by Crippen LogP contribution is -2.43. The van der Waals surface area contributed by atoms with Crippen molar-refractivity contribution in [3.63, 3.8) is 0 Å². The summed E-state index contributed by atoms with van der Waals surface area (Å²) in [5.74, 6) is -2.13. The van der Waals surface area contributed by atoms with E-state index in [0.29, 0.717) is 25.9 Å². The minimum atomic E-state index is -3.13. The maximum Gasteiger partial charge on any atom is 0.410 e. The molecule has 0 atom stereocenters. The van der Waals surface area contributed by atoms with Gasteiger partial charge in [-0.3, -0.25) is 4.79 Å². The van der Waals surface area contributed by atoms with Crippen LogP contribution in [0, 0.1) is 5.92 Å². The van der Waals surface area contributed by atoms with Gasteiger partial charge >= 0.3 is 18.7 Å². The van der Waals surface area contributed by atoms with Crippen molar-refractivity contribution in [2.24, 2.45) is 5.92 Å². The first kappa shape index (κ1) is 25.2. The van der Waals surface area contributed by atoms with Crippen LogP contribution >= 0.6 is 0 Å². The Balaban J connectivity index is 2.15. The van der Waals surface area contributed by atoms with Crippen molar-refractivity contribution >= 4 is 23.7 Å². The quantitative estimate of drug-likeness (QED) is 0.649. The van der Waals surface area contributed by atoms with E-state index in [9.17, 15) is 23.2 Å². The molecule has 0 saturated carbocycles. The van der Waals surface area contributed by atoms with E-state index < -0.39 is 36.1 Å². The van der Waals surface area contributed by atoms with E-state index in [1.807, 2.05) is 0 Å². The van der Waals surface area contributed by atoms with E-state index in [4.69, 9.17) is 14.2 Å². The molecule has 2 amide bonds. The molecule has 1 aromatic carbocycles. The number of rotatable bonds is 6. The van der Waals surface area contributed by atoms with Gasteiger partial charge in [0.2, 0.25) is 5.91 Å². The molecule has 0 bridgehead atoms. The van der Waals surface area contributed by atoms with Gasteiger partial charge in [-0.2, -0.15) is 8.78 Å². The lowest BCUT2D eigenvalue weighted by atomic mass is 9.96. The Kier molecular flexibility index (Phi) is 8.23. The Morgan fingerprint density at radius 2 is 1.72 bits per heavy atom. The molecular formula is C21H28F2N2O7. The summed E-state index contributed by atoms with van der Waals surface area (Å²) in [6, 6.07) is 2.25. The summed E-state index contributed by atoms with van der Waals surface area (Å²) >= 11 is 0. The van der Waals surface area contributed by atoms with Crippen LogP contribution in [0.2, 0.25) is 0 Å². The summed E-state index contributed by atoms with van der Waals surface area (Å²) in [6.45, 7) is 2.81. The molecular weight excluding hydrogens is 430 g/mol. The van der Waals surface area contributed by atoms with Crippen LogP contribution in [0.15, 0.2) is 12.1 Å². The molecule has 1 aliphatic heterocycles. The van der Waals surface area contributed by atoms with Gasteiger partial charge in [0.05, 0.1) is 25.5 Å². The molecule has 2 rings (SSSR count). The first-order chi connectivity index (χ1) is 14.9. The van der Waals surface area contributed by atoms with Gasteiger partial charge in [0.15, 0.2) is 11.5 Å². The van der Waals surface area contributed by atoms with Gasteiger partial charge in [-0.05, 0) is 33.6 Å². The highest BCUT2D eigenvalue weighted by Gasteiger charge is 2.31. The zero-order valence-electron chi connectivity index (χ0n) is 18.7. The van der Waals surface area contributed by atoms with Gasteiger partial charge in [0.25, 0.3) is 0 Å². The number of likely N-dealkylation sites (tertiary alicyclic amines) is 1. The number of ether oxygens (including phenoxy) is 4. The van der Waals surface area contributed by atoms with E-state index in [0.717, 1.165) is 19.2 Å². The Morgan fingerprint density at radius 1 is 1.09 bits per heavy atom. The second-order valence-electron chi connectivity index (χ2n) is 8.15. The molecule has 0 aromatic heterocycles. The molecule has 11 heteroatoms. The van der Waals surface area contributed by atoms with Crippen molar-refractivity contribution in [1.82, 2.24) is 4.90 Å². The summed E-state index contributed by atoms with van der Waals surface area (Å²) in [5.41, 5.74) is -0.750. The van der Waals surface area contributed by atoms with Gasteiger partial charge < -0.3 is 29.2 Å². The highest BCUT2D eigenvalue weighted by Crippen LogP contribution is 2.35. The number of hydrogen-bond acceptors (Lipinski definition) is 7. The van der Waals surface area contributed by atoms with E-state index in [2.05, 4.69) is 10.1 Å². The normalized spacial score (nSPS) is 14.7. The topological polar surface area (TPSA) is 103 Å². The first-order valence-corrected chi connectivity index (χ1v) is 9.99. The molecule has 178 valence electrons. The fourth-order valence-electron chi connectivity index (χ4n) is 3.18. The van der Waals surface area contributed by atoms with Crippen LogP contribution < -0.4 is 14.8 Å². The summed E-state index contributed by atoms with van der Waals surface area (Å²) in [7, 11) is 2.38. The van der Waals surface area contributed by atoms with Crippen LogP contribution in [-0.2, 0) is 14.3 Å². The number of anilines is 1. The minimum Gasteiger partial charge on any atom is -0.493 e. The monoisotopic (exact) mass is 458 g/mol. The van der Waals surface area contributed by atoms with E-state index >= 15 is 0 Å². The molecule has 1 aromatic rings. The summed E-state index contributed by atoms with van der Waals surface area (Å²) < 4.78 is 45.0. The molecule has 0 spiro atoms. The van der Waals surface area contributed by atoms with Gasteiger partial charge in [-0.15, -0.1) is 0 Å². The van der Waals surface area contributed by atoms with Crippen LogP contribution in [0.25, 0.3) is 0 Å². The van der Waals surface area contributed by atoms with Crippen LogP contribution in [-0.4, -0.2) is 62.4 Å². The predicted molar refractivity (Wildman–Crippen MR) is 110 cm³/mol. The molecule has 1 heterocycles. The lowest BCUT2D eigenvalue weighted by molar-refractivity contribution is -0.121. The fourth-order valence-corrected chi connectivity index (χ4v) is 3.18. The molecule has 1 aliphatic rings. The largest absolute Gasteiger partial charge is 0.493 e. The summed E-state index contributed by atoms with van der Waals surface area (Å²) in [6.07, 6.45) is 0.290. The van der Waals surface area contributed by atoms with Crippen molar-refractivity contribution in [3.8, 4) is 11.5 Å². The Bertz CT molecular complexity index is 847. The van der Waals surface area contributed by atoms with E-state index in [1.54, 1.807) is 20.8 Å². The number of benzene rings is 1. The molecule has 0 radical (unpaired) electrons. The first-order valence-electron chi connectivity index (χ1n) is 9.99. The lowest BCUT2D eigenvalue weighted by Gasteiger charge is -2.33. The smallest absolute Gasteiger partial charge is 0.410 e. The number of halogens is 2. The average molecular weight is 458 g/mol. The maximum atomic E-state index is 12.8. The highest BCUT2D eigenvalue weighted by molar-refractivity contribution is 6.02. The average Bonchev–Trinajstić information content (AvgIpc) is 2.71. The number of nitrogens with zero attached hydrogens (tertiary/aromatic N) is 1. The third-order valence-corrected chi connectivity index (χ3v) is 4.70. The number of amides is 2. The van der Waals surface area contributed by atoms with Gasteiger partial charge in [0.1, 0.15) is 5.60 Å². The number of piperidine rings is 1. The molecule has 1 N–H and O–H groups in total. The van der Waals surface area contributed by atoms with Crippen molar-refractivity contribution in [2.45, 2.75) is 45.8 Å². The second kappa shape index (κ2) is 10.5. The van der Waals surface area contributed by atoms with E-state index in [1.165, 1.54) is 12.0 Å².